The molecule has 2 aromatic carbocycles. The van der Waals surface area contributed by atoms with E-state index < -0.39 is 12.1 Å². The first-order chi connectivity index (χ1) is 16.6. The lowest BCUT2D eigenvalue weighted by Gasteiger charge is -2.23. The highest BCUT2D eigenvalue weighted by molar-refractivity contribution is 6.30. The zero-order valence-corrected chi connectivity index (χ0v) is 21.0. The van der Waals surface area contributed by atoms with Crippen molar-refractivity contribution in [3.05, 3.63) is 76.3 Å². The molecule has 0 saturated heterocycles. The van der Waals surface area contributed by atoms with Crippen molar-refractivity contribution in [2.45, 2.75) is 38.4 Å². The third kappa shape index (κ3) is 5.83. The van der Waals surface area contributed by atoms with Gasteiger partial charge in [0.15, 0.2) is 23.1 Å². The summed E-state index contributed by atoms with van der Waals surface area (Å²) >= 11 is 6.13. The predicted molar refractivity (Wildman–Crippen MR) is 136 cm³/mol. The van der Waals surface area contributed by atoms with Crippen LogP contribution in [0.5, 0.6) is 0 Å². The smallest absolute Gasteiger partial charge is 0.223 e. The van der Waals surface area contributed by atoms with Gasteiger partial charge in [-0.2, -0.15) is 5.10 Å². The van der Waals surface area contributed by atoms with E-state index in [0.29, 0.717) is 6.42 Å². The molecule has 0 aliphatic heterocycles. The van der Waals surface area contributed by atoms with Crippen LogP contribution in [-0.2, 0) is 12.3 Å². The van der Waals surface area contributed by atoms with Gasteiger partial charge in [-0.25, -0.2) is 4.98 Å². The number of hydrazone groups is 1. The summed E-state index contributed by atoms with van der Waals surface area (Å²) in [5.74, 6) is -1.62. The van der Waals surface area contributed by atoms with Gasteiger partial charge in [0.25, 0.3) is 0 Å². The third-order valence-corrected chi connectivity index (χ3v) is 5.86. The molecule has 0 spiro atoms. The van der Waals surface area contributed by atoms with Gasteiger partial charge in [0.05, 0.1) is 0 Å². The first-order valence-corrected chi connectivity index (χ1v) is 11.7. The number of rotatable bonds is 9. The van der Waals surface area contributed by atoms with Crippen LogP contribution in [-0.4, -0.2) is 61.9 Å². The summed E-state index contributed by atoms with van der Waals surface area (Å²) in [6.45, 7) is 1.91. The highest BCUT2D eigenvalue weighted by Crippen LogP contribution is 2.32. The number of imidazole rings is 1. The fraction of sp³-hybridized carbons (Fsp3) is 0.360. The number of nitrogens with zero attached hydrogens (tertiary/aromatic N) is 4. The van der Waals surface area contributed by atoms with Gasteiger partial charge >= 0.3 is 0 Å². The summed E-state index contributed by atoms with van der Waals surface area (Å²) < 4.78 is 1.34. The number of aromatic nitrogens is 2. The number of nitrogens with one attached hydrogen (secondary N) is 1. The molecule has 10 heteroatoms. The fourth-order valence-electron chi connectivity index (χ4n) is 4.02. The van der Waals surface area contributed by atoms with Crippen molar-refractivity contribution >= 4 is 17.4 Å². The highest BCUT2D eigenvalue weighted by atomic mass is 35.5. The molecule has 0 bridgehead atoms. The van der Waals surface area contributed by atoms with Crippen LogP contribution in [0, 0.1) is 0 Å². The largest absolute Gasteiger partial charge is 0.363 e. The summed E-state index contributed by atoms with van der Waals surface area (Å²) in [4.78, 5) is 5.97. The molecule has 0 radical (unpaired) electrons. The number of hydrogen-bond acceptors (Lipinski definition) is 7. The van der Waals surface area contributed by atoms with Crippen LogP contribution in [0.3, 0.4) is 0 Å². The van der Waals surface area contributed by atoms with Crippen molar-refractivity contribution in [1.29, 1.82) is 0 Å². The second kappa shape index (κ2) is 11.2. The molecule has 3 aromatic rings. The Morgan fingerprint density at radius 1 is 1.14 bits per heavy atom. The maximum atomic E-state index is 10.6. The van der Waals surface area contributed by atoms with Gasteiger partial charge in [0, 0.05) is 39.7 Å². The van der Waals surface area contributed by atoms with Crippen LogP contribution < -0.4 is 5.43 Å². The highest BCUT2D eigenvalue weighted by Gasteiger charge is 2.34. The van der Waals surface area contributed by atoms with Gasteiger partial charge in [-0.15, -0.1) is 0 Å². The minimum atomic E-state index is -2.26. The van der Waals surface area contributed by atoms with Crippen molar-refractivity contribution in [2.24, 2.45) is 5.10 Å². The van der Waals surface area contributed by atoms with E-state index in [-0.39, 0.29) is 29.6 Å². The number of halogens is 1. The Kier molecular flexibility index (Phi) is 8.52. The molecule has 3 rings (SSSR count). The molecule has 0 atom stereocenters. The lowest BCUT2D eigenvalue weighted by Crippen LogP contribution is -2.30. The standard InChI is InChI=1S/C25H32ClN5O4/c1-5-14-25(34,35)24-28-21(26)20(23(32)33)31(24)15-16-10-12-17(13-11-16)18-8-6-7-9-19(18)22(29-27-2)30(3)4/h6-13,23,27,32-35H,5,14-15H2,1-4H3/b29-22-. The first kappa shape index (κ1) is 26.7. The van der Waals surface area contributed by atoms with Gasteiger partial charge in [0.1, 0.15) is 5.69 Å². The quantitative estimate of drug-likeness (QED) is 0.132. The van der Waals surface area contributed by atoms with E-state index in [9.17, 15) is 20.4 Å². The summed E-state index contributed by atoms with van der Waals surface area (Å²) in [6, 6.07) is 15.6. The third-order valence-electron chi connectivity index (χ3n) is 5.58. The molecule has 1 aromatic heterocycles. The molecular formula is C25H32ClN5O4. The number of amidine groups is 1. The van der Waals surface area contributed by atoms with Crippen LogP contribution in [0.25, 0.3) is 11.1 Å². The summed E-state index contributed by atoms with van der Waals surface area (Å²) in [5, 5.41) is 45.1. The normalized spacial score (nSPS) is 12.3. The van der Waals surface area contributed by atoms with Crippen LogP contribution in [0.2, 0.25) is 5.15 Å². The molecule has 0 aliphatic rings. The molecule has 1 heterocycles. The van der Waals surface area contributed by atoms with E-state index in [1.54, 1.807) is 14.0 Å². The molecule has 0 amide bonds. The van der Waals surface area contributed by atoms with E-state index in [1.165, 1.54) is 4.57 Å². The van der Waals surface area contributed by atoms with Crippen molar-refractivity contribution in [3.8, 4) is 11.1 Å². The molecule has 188 valence electrons. The van der Waals surface area contributed by atoms with Gasteiger partial charge in [-0.3, -0.25) is 0 Å². The lowest BCUT2D eigenvalue weighted by atomic mass is 9.97. The minimum absolute atomic E-state index is 0.0133. The average molecular weight is 502 g/mol. The Labute approximate surface area is 209 Å². The Balaban J connectivity index is 2.01. The van der Waals surface area contributed by atoms with E-state index in [1.807, 2.05) is 67.5 Å². The second-order valence-electron chi connectivity index (χ2n) is 8.43. The van der Waals surface area contributed by atoms with E-state index in [2.05, 4.69) is 15.5 Å². The zero-order chi connectivity index (χ0) is 25.8. The molecule has 0 unspecified atom stereocenters. The Hall–Kier alpha value is -2.95. The SMILES string of the molecule is CCCC(O)(O)c1nc(Cl)c(C(O)O)n1Cc1ccc(-c2ccccc2/C(=N/NC)N(C)C)cc1. The molecule has 9 nitrogen and oxygen atoms in total. The average Bonchev–Trinajstić information content (AvgIpc) is 3.14. The topological polar surface area (TPSA) is 126 Å². The van der Waals surface area contributed by atoms with Crippen molar-refractivity contribution in [1.82, 2.24) is 19.9 Å². The maximum absolute atomic E-state index is 10.6. The Morgan fingerprint density at radius 3 is 2.37 bits per heavy atom. The number of benzene rings is 2. The van der Waals surface area contributed by atoms with E-state index >= 15 is 0 Å². The number of aliphatic hydroxyl groups is 4. The summed E-state index contributed by atoms with van der Waals surface area (Å²) in [6.07, 6.45) is -1.43. The molecule has 5 N–H and O–H groups in total. The van der Waals surface area contributed by atoms with E-state index in [4.69, 9.17) is 11.6 Å². The molecule has 0 aliphatic carbocycles. The second-order valence-corrected chi connectivity index (χ2v) is 8.79. The van der Waals surface area contributed by atoms with Crippen LogP contribution in [0.1, 0.15) is 48.7 Å². The van der Waals surface area contributed by atoms with Crippen molar-refractivity contribution in [3.63, 3.8) is 0 Å². The molecule has 35 heavy (non-hydrogen) atoms. The predicted octanol–water partition coefficient (Wildman–Crippen LogP) is 2.62. The summed E-state index contributed by atoms with van der Waals surface area (Å²) in [7, 11) is 5.61. The Morgan fingerprint density at radius 2 is 1.80 bits per heavy atom. The first-order valence-electron chi connectivity index (χ1n) is 11.3. The van der Waals surface area contributed by atoms with Gasteiger partial charge < -0.3 is 35.3 Å². The van der Waals surface area contributed by atoms with Crippen molar-refractivity contribution in [2.75, 3.05) is 21.1 Å². The number of aliphatic hydroxyl groups excluding tert-OH is 1. The molecule has 0 saturated carbocycles. The van der Waals surface area contributed by atoms with Gasteiger partial charge in [-0.1, -0.05) is 73.5 Å². The van der Waals surface area contributed by atoms with Crippen molar-refractivity contribution < 1.29 is 20.4 Å². The van der Waals surface area contributed by atoms with Gasteiger partial charge in [0.2, 0.25) is 5.79 Å². The fourth-order valence-corrected chi connectivity index (χ4v) is 4.30. The van der Waals surface area contributed by atoms with Crippen LogP contribution in [0.4, 0.5) is 0 Å². The summed E-state index contributed by atoms with van der Waals surface area (Å²) in [5.41, 5.74) is 6.45. The minimum Gasteiger partial charge on any atom is -0.363 e. The number of hydrogen-bond donors (Lipinski definition) is 5. The molecular weight excluding hydrogens is 470 g/mol. The van der Waals surface area contributed by atoms with Crippen LogP contribution in [0.15, 0.2) is 53.6 Å². The van der Waals surface area contributed by atoms with Gasteiger partial charge in [-0.05, 0) is 16.7 Å². The monoisotopic (exact) mass is 501 g/mol. The van der Waals surface area contributed by atoms with Crippen LogP contribution >= 0.6 is 11.6 Å². The van der Waals surface area contributed by atoms with E-state index in [0.717, 1.165) is 28.1 Å². The zero-order valence-electron chi connectivity index (χ0n) is 20.3. The molecule has 0 fully saturated rings. The Bertz CT molecular complexity index is 1170. The lowest BCUT2D eigenvalue weighted by molar-refractivity contribution is -0.183. The maximum Gasteiger partial charge on any atom is 0.223 e.